The van der Waals surface area contributed by atoms with Crippen molar-refractivity contribution in [3.05, 3.63) is 66.0 Å². The van der Waals surface area contributed by atoms with Crippen LogP contribution in [0, 0.1) is 0 Å². The van der Waals surface area contributed by atoms with Crippen LogP contribution in [-0.2, 0) is 0 Å². The minimum Gasteiger partial charge on any atom is -0.293 e. The van der Waals surface area contributed by atoms with Gasteiger partial charge >= 0.3 is 0 Å². The molecule has 1 aliphatic carbocycles. The zero-order chi connectivity index (χ0) is 18.2. The van der Waals surface area contributed by atoms with Crippen LogP contribution in [0.3, 0.4) is 0 Å². The van der Waals surface area contributed by atoms with E-state index < -0.39 is 0 Å². The smallest absolute Gasteiger partial charge is 0.145 e. The van der Waals surface area contributed by atoms with Gasteiger partial charge < -0.3 is 0 Å². The number of benzene rings is 1. The monoisotopic (exact) mass is 377 g/mol. The summed E-state index contributed by atoms with van der Waals surface area (Å²) in [5.74, 6) is 1.58. The predicted octanol–water partition coefficient (Wildman–Crippen LogP) is 5.31. The Bertz CT molecular complexity index is 1060. The van der Waals surface area contributed by atoms with Crippen molar-refractivity contribution in [3.8, 4) is 11.5 Å². The molecule has 0 saturated heterocycles. The fraction of sp³-hybridized carbons (Fsp3) is 0.286. The molecule has 0 aliphatic heterocycles. The van der Waals surface area contributed by atoms with E-state index in [0.29, 0.717) is 5.92 Å². The molecule has 0 bridgehead atoms. The maximum Gasteiger partial charge on any atom is 0.145 e. The van der Waals surface area contributed by atoms with Gasteiger partial charge in [0.25, 0.3) is 0 Å². The summed E-state index contributed by atoms with van der Waals surface area (Å²) < 4.78 is 4.12. The summed E-state index contributed by atoms with van der Waals surface area (Å²) in [6, 6.07) is 10.1. The molecule has 0 spiro atoms. The van der Waals surface area contributed by atoms with E-state index in [-0.39, 0.29) is 0 Å². The van der Waals surface area contributed by atoms with Crippen molar-refractivity contribution < 1.29 is 0 Å². The van der Waals surface area contributed by atoms with Crippen LogP contribution in [0.5, 0.6) is 0 Å². The van der Waals surface area contributed by atoms with Gasteiger partial charge in [-0.1, -0.05) is 30.9 Å². The third kappa shape index (κ3) is 2.82. The lowest BCUT2D eigenvalue weighted by molar-refractivity contribution is 0.443. The Labute approximate surface area is 162 Å². The van der Waals surface area contributed by atoms with Crippen molar-refractivity contribution in [1.29, 1.82) is 0 Å². The molecule has 0 radical (unpaired) electrons. The van der Waals surface area contributed by atoms with Gasteiger partial charge in [0.15, 0.2) is 0 Å². The number of hydrogen-bond acceptors (Lipinski definition) is 3. The minimum absolute atomic E-state index is 0.524. The molecular formula is C21H20ClN5. The Hall–Kier alpha value is -2.66. The van der Waals surface area contributed by atoms with Crippen molar-refractivity contribution >= 4 is 22.5 Å². The summed E-state index contributed by atoms with van der Waals surface area (Å²) in [5, 5.41) is 6.45. The average molecular weight is 378 g/mol. The second kappa shape index (κ2) is 6.82. The largest absolute Gasteiger partial charge is 0.293 e. The number of rotatable bonds is 3. The molecule has 4 aromatic rings. The van der Waals surface area contributed by atoms with Gasteiger partial charge in [0.1, 0.15) is 18.5 Å². The molecule has 1 saturated carbocycles. The Kier molecular flexibility index (Phi) is 4.17. The molecule has 5 rings (SSSR count). The highest BCUT2D eigenvalue weighted by Gasteiger charge is 2.27. The van der Waals surface area contributed by atoms with E-state index in [1.807, 2.05) is 41.3 Å². The number of fused-ring (bicyclic) bond motifs is 1. The Morgan fingerprint density at radius 1 is 0.963 bits per heavy atom. The van der Waals surface area contributed by atoms with Crippen LogP contribution in [0.25, 0.3) is 22.4 Å². The van der Waals surface area contributed by atoms with Gasteiger partial charge in [-0.25, -0.2) is 9.67 Å². The second-order valence-corrected chi connectivity index (χ2v) is 7.55. The van der Waals surface area contributed by atoms with Crippen LogP contribution in [-0.4, -0.2) is 24.3 Å². The zero-order valence-corrected chi connectivity index (χ0v) is 15.7. The average Bonchev–Trinajstić information content (AvgIpc) is 3.35. The highest BCUT2D eigenvalue weighted by atomic mass is 35.5. The van der Waals surface area contributed by atoms with Gasteiger partial charge in [0.2, 0.25) is 0 Å². The Morgan fingerprint density at radius 3 is 2.52 bits per heavy atom. The summed E-state index contributed by atoms with van der Waals surface area (Å²) in [7, 11) is 0. The first-order valence-corrected chi connectivity index (χ1v) is 9.80. The maximum absolute atomic E-state index is 6.13. The highest BCUT2D eigenvalue weighted by molar-refractivity contribution is 6.30. The molecule has 0 amide bonds. The Morgan fingerprint density at radius 2 is 1.78 bits per heavy atom. The summed E-state index contributed by atoms with van der Waals surface area (Å²) in [4.78, 5) is 8.61. The zero-order valence-electron chi connectivity index (χ0n) is 14.9. The SMILES string of the molecule is Clc1ccc(-n2c(-n3cncn3)c(C3CCCCC3)c3ccncc32)cc1. The quantitative estimate of drug-likeness (QED) is 0.486. The molecule has 0 atom stereocenters. The molecule has 3 heterocycles. The van der Waals surface area contributed by atoms with Gasteiger partial charge in [-0.15, -0.1) is 0 Å². The number of hydrogen-bond donors (Lipinski definition) is 0. The molecule has 136 valence electrons. The van der Waals surface area contributed by atoms with E-state index in [9.17, 15) is 0 Å². The van der Waals surface area contributed by atoms with Crippen LogP contribution >= 0.6 is 11.6 Å². The van der Waals surface area contributed by atoms with E-state index in [0.717, 1.165) is 22.0 Å². The van der Waals surface area contributed by atoms with Crippen LogP contribution in [0.2, 0.25) is 5.02 Å². The molecule has 3 aromatic heterocycles. The summed E-state index contributed by atoms with van der Waals surface area (Å²) in [6.07, 6.45) is 13.5. The van der Waals surface area contributed by atoms with Gasteiger partial charge in [0.05, 0.1) is 11.7 Å². The van der Waals surface area contributed by atoms with Crippen LogP contribution < -0.4 is 0 Å². The van der Waals surface area contributed by atoms with Crippen molar-refractivity contribution in [2.45, 2.75) is 38.0 Å². The fourth-order valence-corrected chi connectivity index (χ4v) is 4.46. The molecule has 1 aromatic carbocycles. The van der Waals surface area contributed by atoms with E-state index in [4.69, 9.17) is 11.6 Å². The predicted molar refractivity (Wildman–Crippen MR) is 107 cm³/mol. The molecule has 6 heteroatoms. The molecule has 27 heavy (non-hydrogen) atoms. The number of halogens is 1. The van der Waals surface area contributed by atoms with E-state index >= 15 is 0 Å². The summed E-state index contributed by atoms with van der Waals surface area (Å²) >= 11 is 6.13. The lowest BCUT2D eigenvalue weighted by atomic mass is 9.83. The third-order valence-electron chi connectivity index (χ3n) is 5.52. The summed E-state index contributed by atoms with van der Waals surface area (Å²) in [5.41, 5.74) is 3.49. The van der Waals surface area contributed by atoms with Crippen molar-refractivity contribution in [2.24, 2.45) is 0 Å². The molecule has 1 fully saturated rings. The number of pyridine rings is 1. The summed E-state index contributed by atoms with van der Waals surface area (Å²) in [6.45, 7) is 0. The van der Waals surface area contributed by atoms with E-state index in [2.05, 4.69) is 25.7 Å². The molecule has 0 N–H and O–H groups in total. The topological polar surface area (TPSA) is 48.5 Å². The number of nitrogens with zero attached hydrogens (tertiary/aromatic N) is 5. The minimum atomic E-state index is 0.524. The third-order valence-corrected chi connectivity index (χ3v) is 5.77. The standard InChI is InChI=1S/C21H20ClN5/c22-16-6-8-17(9-7-16)27-19-12-23-11-10-18(19)20(15-4-2-1-3-5-15)21(27)26-14-24-13-25-26/h6-15H,1-5H2. The first-order valence-electron chi connectivity index (χ1n) is 9.42. The van der Waals surface area contributed by atoms with Gasteiger partial charge in [0, 0.05) is 27.9 Å². The maximum atomic E-state index is 6.13. The lowest BCUT2D eigenvalue weighted by Gasteiger charge is -2.23. The lowest BCUT2D eigenvalue weighted by Crippen LogP contribution is -2.11. The van der Waals surface area contributed by atoms with Gasteiger partial charge in [-0.05, 0) is 49.1 Å². The van der Waals surface area contributed by atoms with E-state index in [1.54, 1.807) is 12.7 Å². The molecular weight excluding hydrogens is 358 g/mol. The van der Waals surface area contributed by atoms with Crippen LogP contribution in [0.1, 0.15) is 43.6 Å². The van der Waals surface area contributed by atoms with E-state index in [1.165, 1.54) is 43.1 Å². The van der Waals surface area contributed by atoms with Crippen LogP contribution in [0.4, 0.5) is 0 Å². The molecule has 1 aliphatic rings. The van der Waals surface area contributed by atoms with Gasteiger partial charge in [-0.3, -0.25) is 9.55 Å². The number of aromatic nitrogens is 5. The van der Waals surface area contributed by atoms with Crippen molar-refractivity contribution in [2.75, 3.05) is 0 Å². The first kappa shape index (κ1) is 16.5. The fourth-order valence-electron chi connectivity index (χ4n) is 4.34. The second-order valence-electron chi connectivity index (χ2n) is 7.12. The molecule has 0 unspecified atom stereocenters. The first-order chi connectivity index (χ1) is 13.3. The normalized spacial score (nSPS) is 15.4. The van der Waals surface area contributed by atoms with Crippen molar-refractivity contribution in [3.63, 3.8) is 0 Å². The highest BCUT2D eigenvalue weighted by Crippen LogP contribution is 2.42. The van der Waals surface area contributed by atoms with Crippen LogP contribution in [0.15, 0.2) is 55.4 Å². The van der Waals surface area contributed by atoms with Gasteiger partial charge in [-0.2, -0.15) is 5.10 Å². The molecule has 5 nitrogen and oxygen atoms in total. The van der Waals surface area contributed by atoms with Crippen molar-refractivity contribution in [1.82, 2.24) is 24.3 Å². The Balaban J connectivity index is 1.85.